The molecule has 0 saturated heterocycles. The predicted octanol–water partition coefficient (Wildman–Crippen LogP) is 5.08. The zero-order valence-electron chi connectivity index (χ0n) is 20.8. The van der Waals surface area contributed by atoms with Crippen LogP contribution in [0.3, 0.4) is 0 Å². The number of thiazole rings is 1. The molecule has 8 heteroatoms. The van der Waals surface area contributed by atoms with Crippen molar-refractivity contribution in [2.45, 2.75) is 10.9 Å². The molecule has 0 N–H and O–H groups in total. The number of amides is 1. The molecule has 0 spiro atoms. The Morgan fingerprint density at radius 3 is 2.21 bits per heavy atom. The summed E-state index contributed by atoms with van der Waals surface area (Å²) in [5, 5.41) is 2.43. The highest BCUT2D eigenvalue weighted by Gasteiger charge is 2.37. The topological polar surface area (TPSA) is 70.6 Å². The minimum Gasteiger partial charge on any atom is -0.296 e. The zero-order chi connectivity index (χ0) is 27.4. The summed E-state index contributed by atoms with van der Waals surface area (Å²) < 4.78 is 29.9. The Morgan fingerprint density at radius 1 is 0.974 bits per heavy atom. The van der Waals surface area contributed by atoms with Gasteiger partial charge in [-0.15, -0.1) is 24.2 Å². The summed E-state index contributed by atoms with van der Waals surface area (Å²) >= 11 is 1.37. The summed E-state index contributed by atoms with van der Waals surface area (Å²) in [4.78, 5) is 19.0. The Bertz CT molecular complexity index is 1680. The number of aromatic nitrogens is 1. The zero-order valence-corrected chi connectivity index (χ0v) is 22.4. The van der Waals surface area contributed by atoms with Crippen LogP contribution in [-0.4, -0.2) is 36.7 Å². The smallest absolute Gasteiger partial charge is 0.259 e. The SMILES string of the molecule is C#CCN1C(=O)/C(=C/c2nccs2)c2cc(S(=O)(=O)N(CC#C)C(c3ccccc3)c3ccccc3)ccc21. The molecular formula is C31H23N3O3S2. The average Bonchev–Trinajstić information content (AvgIpc) is 3.57. The van der Waals surface area contributed by atoms with Crippen LogP contribution in [0.2, 0.25) is 0 Å². The molecule has 6 nitrogen and oxygen atoms in total. The van der Waals surface area contributed by atoms with Crippen LogP contribution < -0.4 is 4.90 Å². The summed E-state index contributed by atoms with van der Waals surface area (Å²) in [5.74, 6) is 4.73. The van der Waals surface area contributed by atoms with Crippen LogP contribution in [0.15, 0.2) is 95.3 Å². The van der Waals surface area contributed by atoms with Crippen molar-refractivity contribution in [1.29, 1.82) is 0 Å². The lowest BCUT2D eigenvalue weighted by Gasteiger charge is -2.30. The molecule has 3 aromatic carbocycles. The van der Waals surface area contributed by atoms with Crippen molar-refractivity contribution < 1.29 is 13.2 Å². The van der Waals surface area contributed by atoms with Gasteiger partial charge in [-0.3, -0.25) is 9.69 Å². The monoisotopic (exact) mass is 549 g/mol. The van der Waals surface area contributed by atoms with Crippen LogP contribution in [0.25, 0.3) is 11.6 Å². The van der Waals surface area contributed by atoms with Gasteiger partial charge >= 0.3 is 0 Å². The molecule has 0 radical (unpaired) electrons. The molecule has 39 heavy (non-hydrogen) atoms. The summed E-state index contributed by atoms with van der Waals surface area (Å²) in [6.45, 7) is -0.0989. The van der Waals surface area contributed by atoms with Gasteiger partial charge in [-0.2, -0.15) is 4.31 Å². The number of carbonyl (C=O) groups is 1. The Morgan fingerprint density at radius 2 is 1.64 bits per heavy atom. The third-order valence-corrected chi connectivity index (χ3v) is 8.90. The normalized spacial score (nSPS) is 14.0. The van der Waals surface area contributed by atoms with E-state index < -0.39 is 16.1 Å². The van der Waals surface area contributed by atoms with E-state index >= 15 is 0 Å². The van der Waals surface area contributed by atoms with E-state index in [-0.39, 0.29) is 23.9 Å². The number of rotatable bonds is 8. The first-order valence-electron chi connectivity index (χ1n) is 12.0. The molecule has 1 aliphatic rings. The molecule has 0 bridgehead atoms. The third kappa shape index (κ3) is 5.01. The highest BCUT2D eigenvalue weighted by atomic mass is 32.2. The van der Waals surface area contributed by atoms with E-state index in [9.17, 15) is 13.2 Å². The first-order valence-corrected chi connectivity index (χ1v) is 14.3. The van der Waals surface area contributed by atoms with Crippen molar-refractivity contribution in [2.24, 2.45) is 0 Å². The summed E-state index contributed by atoms with van der Waals surface area (Å²) in [6, 6.07) is 22.7. The number of carbonyl (C=O) groups excluding carboxylic acids is 1. The quantitative estimate of drug-likeness (QED) is 0.227. The van der Waals surface area contributed by atoms with Gasteiger partial charge in [0.1, 0.15) is 5.01 Å². The van der Waals surface area contributed by atoms with Crippen LogP contribution in [0.5, 0.6) is 0 Å². The van der Waals surface area contributed by atoms with Crippen molar-refractivity contribution in [3.63, 3.8) is 0 Å². The lowest BCUT2D eigenvalue weighted by Crippen LogP contribution is -2.36. The maximum absolute atomic E-state index is 14.3. The van der Waals surface area contributed by atoms with Gasteiger partial charge in [0.2, 0.25) is 10.0 Å². The lowest BCUT2D eigenvalue weighted by molar-refractivity contribution is -0.112. The van der Waals surface area contributed by atoms with Crippen LogP contribution in [0.1, 0.15) is 27.7 Å². The van der Waals surface area contributed by atoms with E-state index in [1.807, 2.05) is 60.7 Å². The number of terminal acetylenes is 2. The summed E-state index contributed by atoms with van der Waals surface area (Å²) in [7, 11) is -4.13. The molecule has 5 rings (SSSR count). The molecule has 192 valence electrons. The Kier molecular flexibility index (Phi) is 7.44. The fourth-order valence-electron chi connectivity index (χ4n) is 4.65. The van der Waals surface area contributed by atoms with Gasteiger partial charge in [0, 0.05) is 17.1 Å². The molecule has 2 heterocycles. The molecular weight excluding hydrogens is 526 g/mol. The first-order chi connectivity index (χ1) is 19.0. The summed E-state index contributed by atoms with van der Waals surface area (Å²) in [6.07, 6.45) is 14.5. The van der Waals surface area contributed by atoms with Crippen molar-refractivity contribution in [2.75, 3.05) is 18.0 Å². The van der Waals surface area contributed by atoms with Gasteiger partial charge in [0.25, 0.3) is 5.91 Å². The molecule has 0 aliphatic carbocycles. The largest absolute Gasteiger partial charge is 0.296 e. The van der Waals surface area contributed by atoms with E-state index in [0.29, 0.717) is 21.8 Å². The lowest BCUT2D eigenvalue weighted by atomic mass is 9.99. The van der Waals surface area contributed by atoms with Crippen LogP contribution in [-0.2, 0) is 14.8 Å². The maximum atomic E-state index is 14.3. The number of fused-ring (bicyclic) bond motifs is 1. The van der Waals surface area contributed by atoms with Gasteiger partial charge in [-0.05, 0) is 35.4 Å². The number of nitrogens with zero attached hydrogens (tertiary/aromatic N) is 3. The molecule has 1 amide bonds. The Balaban J connectivity index is 1.66. The molecule has 0 fully saturated rings. The molecule has 0 unspecified atom stereocenters. The fraction of sp³-hybridized carbons (Fsp3) is 0.0968. The van der Waals surface area contributed by atoms with Crippen LogP contribution in [0.4, 0.5) is 5.69 Å². The van der Waals surface area contributed by atoms with E-state index in [4.69, 9.17) is 12.8 Å². The number of sulfonamides is 1. The van der Waals surface area contributed by atoms with Crippen LogP contribution >= 0.6 is 11.3 Å². The second-order valence-electron chi connectivity index (χ2n) is 8.68. The second kappa shape index (κ2) is 11.1. The highest BCUT2D eigenvalue weighted by molar-refractivity contribution is 7.89. The first kappa shape index (κ1) is 26.1. The van der Waals surface area contributed by atoms with Gasteiger partial charge in [-0.1, -0.05) is 72.5 Å². The van der Waals surface area contributed by atoms with Gasteiger partial charge in [0.15, 0.2) is 0 Å². The highest BCUT2D eigenvalue weighted by Crippen LogP contribution is 2.41. The average molecular weight is 550 g/mol. The standard InChI is InChI=1S/C31H23N3O3S2/c1-3-18-33-28-16-15-25(21-26(28)27(31(33)35)22-29-32-17-20-38-29)39(36,37)34(19-4-2)30(23-11-7-5-8-12-23)24-13-9-6-10-14-24/h1-2,5-17,20-22,30H,18-19H2/b27-22+. The van der Waals surface area contributed by atoms with Crippen molar-refractivity contribution in [1.82, 2.24) is 9.29 Å². The Labute approximate surface area is 232 Å². The number of anilines is 1. The van der Waals surface area contributed by atoms with E-state index in [1.54, 1.807) is 23.7 Å². The third-order valence-electron chi connectivity index (χ3n) is 6.37. The van der Waals surface area contributed by atoms with E-state index in [0.717, 1.165) is 11.1 Å². The number of benzene rings is 3. The molecule has 1 aliphatic heterocycles. The maximum Gasteiger partial charge on any atom is 0.259 e. The van der Waals surface area contributed by atoms with E-state index in [1.165, 1.54) is 32.7 Å². The molecule has 1 aromatic heterocycles. The Hall–Kier alpha value is -4.47. The number of hydrogen-bond acceptors (Lipinski definition) is 5. The predicted molar refractivity (Wildman–Crippen MR) is 155 cm³/mol. The van der Waals surface area contributed by atoms with Gasteiger partial charge in [-0.25, -0.2) is 13.4 Å². The van der Waals surface area contributed by atoms with Gasteiger partial charge in [0.05, 0.1) is 35.3 Å². The van der Waals surface area contributed by atoms with Crippen molar-refractivity contribution in [3.8, 4) is 24.7 Å². The molecule has 0 saturated carbocycles. The van der Waals surface area contributed by atoms with Crippen molar-refractivity contribution >= 4 is 44.6 Å². The second-order valence-corrected chi connectivity index (χ2v) is 11.5. The molecule has 0 atom stereocenters. The van der Waals surface area contributed by atoms with Crippen molar-refractivity contribution in [3.05, 3.63) is 112 Å². The minimum absolute atomic E-state index is 0.0220. The molecule has 4 aromatic rings. The number of hydrogen-bond donors (Lipinski definition) is 0. The minimum atomic E-state index is -4.13. The summed E-state index contributed by atoms with van der Waals surface area (Å²) in [5.41, 5.74) is 2.92. The van der Waals surface area contributed by atoms with Crippen LogP contribution in [0, 0.1) is 24.7 Å². The van der Waals surface area contributed by atoms with E-state index in [2.05, 4.69) is 16.8 Å². The van der Waals surface area contributed by atoms with Gasteiger partial charge < -0.3 is 0 Å². The fourth-order valence-corrected chi connectivity index (χ4v) is 6.76.